The van der Waals surface area contributed by atoms with Crippen LogP contribution < -0.4 is 0 Å². The van der Waals surface area contributed by atoms with Gasteiger partial charge >= 0.3 is 0 Å². The second-order valence-electron chi connectivity index (χ2n) is 2.97. The van der Waals surface area contributed by atoms with Gasteiger partial charge in [-0.3, -0.25) is 9.59 Å². The van der Waals surface area contributed by atoms with Gasteiger partial charge in [0.25, 0.3) is 0 Å². The lowest BCUT2D eigenvalue weighted by molar-refractivity contribution is -0.111. The smallest absolute Gasteiger partial charge is 0.233 e. The molecule has 0 saturated heterocycles. The van der Waals surface area contributed by atoms with E-state index in [2.05, 4.69) is 6.58 Å². The molecule has 0 aliphatic heterocycles. The molecule has 0 bridgehead atoms. The number of hydrogen-bond donors (Lipinski definition) is 0. The van der Waals surface area contributed by atoms with Crippen molar-refractivity contribution in [1.29, 1.82) is 0 Å². The highest BCUT2D eigenvalue weighted by Crippen LogP contribution is 2.06. The van der Waals surface area contributed by atoms with Gasteiger partial charge < -0.3 is 0 Å². The second kappa shape index (κ2) is 5.05. The Morgan fingerprint density at radius 2 is 1.80 bits per heavy atom. The lowest BCUT2D eigenvalue weighted by Gasteiger charge is -1.99. The fourth-order valence-electron chi connectivity index (χ4n) is 1.19. The van der Waals surface area contributed by atoms with Crippen LogP contribution >= 0.6 is 0 Å². The van der Waals surface area contributed by atoms with Crippen molar-refractivity contribution < 1.29 is 9.59 Å². The minimum absolute atomic E-state index is 0.337. The molecular weight excluding hydrogens is 188 g/mol. The number of carbonyl (C=O) groups excluding carboxylic acids is 2. The van der Waals surface area contributed by atoms with Crippen molar-refractivity contribution in [3.8, 4) is 0 Å². The molecule has 0 N–H and O–H groups in total. The van der Waals surface area contributed by atoms with Crippen LogP contribution in [0.4, 0.5) is 0 Å². The fraction of sp³-hybridized carbons (Fsp3) is 0.0769. The summed E-state index contributed by atoms with van der Waals surface area (Å²) in [5.74, 6) is -1.01. The van der Waals surface area contributed by atoms with Gasteiger partial charge in [0.15, 0.2) is 0 Å². The summed E-state index contributed by atoms with van der Waals surface area (Å²) in [6.45, 7) is 5.19. The van der Waals surface area contributed by atoms with E-state index >= 15 is 0 Å². The van der Waals surface area contributed by atoms with Gasteiger partial charge in [-0.2, -0.15) is 0 Å². The summed E-state index contributed by atoms with van der Waals surface area (Å²) in [5.41, 5.74) is 0.743. The average molecular weight is 200 g/mol. The van der Waals surface area contributed by atoms with Crippen molar-refractivity contribution in [2.75, 3.05) is 0 Å². The zero-order chi connectivity index (χ0) is 11.3. The average Bonchev–Trinajstić information content (AvgIpc) is 2.30. The third kappa shape index (κ3) is 2.50. The predicted octanol–water partition coefficient (Wildman–Crippen LogP) is 2.57. The molecule has 0 atom stereocenters. The van der Waals surface area contributed by atoms with Crippen LogP contribution in [0.2, 0.25) is 0 Å². The standard InChI is InChI=1S/C13H12O2/c1-3-10(4-2)12(14)13(15)11-8-6-5-7-9-11/h3-9H,1H2,2H3/b10-4+. The number of benzene rings is 1. The van der Waals surface area contributed by atoms with E-state index in [1.807, 2.05) is 0 Å². The van der Waals surface area contributed by atoms with Crippen LogP contribution in [0.3, 0.4) is 0 Å². The molecule has 76 valence electrons. The molecule has 0 unspecified atom stereocenters. The van der Waals surface area contributed by atoms with Crippen molar-refractivity contribution in [3.05, 3.63) is 60.2 Å². The van der Waals surface area contributed by atoms with E-state index in [0.29, 0.717) is 11.1 Å². The van der Waals surface area contributed by atoms with E-state index in [1.54, 1.807) is 43.3 Å². The zero-order valence-corrected chi connectivity index (χ0v) is 8.57. The molecule has 2 heteroatoms. The number of Topliss-reactive ketones (excluding diaryl/α,β-unsaturated/α-hetero) is 2. The third-order valence-corrected chi connectivity index (χ3v) is 2.04. The summed E-state index contributed by atoms with van der Waals surface area (Å²) in [5, 5.41) is 0. The Bertz CT molecular complexity index is 413. The van der Waals surface area contributed by atoms with Gasteiger partial charge in [-0.05, 0) is 6.92 Å². The van der Waals surface area contributed by atoms with Gasteiger partial charge in [0.05, 0.1) is 0 Å². The van der Waals surface area contributed by atoms with Crippen LogP contribution in [-0.4, -0.2) is 11.6 Å². The highest BCUT2D eigenvalue weighted by atomic mass is 16.2. The Labute approximate surface area is 88.9 Å². The largest absolute Gasteiger partial charge is 0.285 e. The number of allylic oxidation sites excluding steroid dienone is 3. The van der Waals surface area contributed by atoms with Crippen LogP contribution in [0.25, 0.3) is 0 Å². The summed E-state index contributed by atoms with van der Waals surface area (Å²) in [6, 6.07) is 8.49. The van der Waals surface area contributed by atoms with Gasteiger partial charge in [-0.15, -0.1) is 0 Å². The van der Waals surface area contributed by atoms with Crippen LogP contribution in [0.5, 0.6) is 0 Å². The summed E-state index contributed by atoms with van der Waals surface area (Å²) in [7, 11) is 0. The van der Waals surface area contributed by atoms with Gasteiger partial charge in [0, 0.05) is 11.1 Å². The molecule has 0 saturated carbocycles. The van der Waals surface area contributed by atoms with E-state index in [0.717, 1.165) is 0 Å². The molecule has 0 aromatic heterocycles. The molecule has 1 aromatic rings. The third-order valence-electron chi connectivity index (χ3n) is 2.04. The minimum atomic E-state index is -0.515. The van der Waals surface area contributed by atoms with Gasteiger partial charge in [-0.1, -0.05) is 49.1 Å². The zero-order valence-electron chi connectivity index (χ0n) is 8.57. The molecule has 0 heterocycles. The summed E-state index contributed by atoms with van der Waals surface area (Å²) in [6.07, 6.45) is 2.97. The number of hydrogen-bond acceptors (Lipinski definition) is 2. The topological polar surface area (TPSA) is 34.1 Å². The first-order chi connectivity index (χ1) is 7.20. The van der Waals surface area contributed by atoms with Gasteiger partial charge in [0.1, 0.15) is 0 Å². The molecular formula is C13H12O2. The van der Waals surface area contributed by atoms with Crippen molar-refractivity contribution in [1.82, 2.24) is 0 Å². The van der Waals surface area contributed by atoms with Gasteiger partial charge in [0.2, 0.25) is 11.6 Å². The first-order valence-corrected chi connectivity index (χ1v) is 4.63. The normalized spacial score (nSPS) is 10.9. The Morgan fingerprint density at radius 3 is 2.27 bits per heavy atom. The monoisotopic (exact) mass is 200 g/mol. The van der Waals surface area contributed by atoms with Crippen molar-refractivity contribution in [3.63, 3.8) is 0 Å². The summed E-state index contributed by atoms with van der Waals surface area (Å²) < 4.78 is 0. The number of rotatable bonds is 4. The highest BCUT2D eigenvalue weighted by Gasteiger charge is 2.17. The summed E-state index contributed by atoms with van der Waals surface area (Å²) in [4.78, 5) is 23.3. The number of ketones is 2. The van der Waals surface area contributed by atoms with Crippen molar-refractivity contribution >= 4 is 11.6 Å². The minimum Gasteiger partial charge on any atom is -0.285 e. The Morgan fingerprint density at radius 1 is 1.20 bits per heavy atom. The molecule has 1 aromatic carbocycles. The van der Waals surface area contributed by atoms with Crippen LogP contribution in [0, 0.1) is 0 Å². The Kier molecular flexibility index (Phi) is 3.75. The van der Waals surface area contributed by atoms with E-state index in [-0.39, 0.29) is 0 Å². The molecule has 0 amide bonds. The maximum atomic E-state index is 11.7. The predicted molar refractivity (Wildman–Crippen MR) is 59.7 cm³/mol. The lowest BCUT2D eigenvalue weighted by atomic mass is 10.0. The molecule has 0 spiro atoms. The molecule has 1 rings (SSSR count). The van der Waals surface area contributed by atoms with E-state index in [1.165, 1.54) is 6.08 Å². The fourth-order valence-corrected chi connectivity index (χ4v) is 1.19. The highest BCUT2D eigenvalue weighted by molar-refractivity contribution is 6.49. The first-order valence-electron chi connectivity index (χ1n) is 4.63. The van der Waals surface area contributed by atoms with Crippen molar-refractivity contribution in [2.45, 2.75) is 6.92 Å². The molecule has 0 aliphatic carbocycles. The molecule has 0 radical (unpaired) electrons. The quantitative estimate of drug-likeness (QED) is 0.324. The molecule has 2 nitrogen and oxygen atoms in total. The van der Waals surface area contributed by atoms with E-state index < -0.39 is 11.6 Å². The second-order valence-corrected chi connectivity index (χ2v) is 2.97. The molecule has 15 heavy (non-hydrogen) atoms. The van der Waals surface area contributed by atoms with Crippen LogP contribution in [-0.2, 0) is 4.79 Å². The maximum Gasteiger partial charge on any atom is 0.233 e. The Balaban J connectivity index is 2.97. The number of carbonyl (C=O) groups is 2. The lowest BCUT2D eigenvalue weighted by Crippen LogP contribution is -2.15. The van der Waals surface area contributed by atoms with E-state index in [4.69, 9.17) is 0 Å². The van der Waals surface area contributed by atoms with E-state index in [9.17, 15) is 9.59 Å². The first kappa shape index (κ1) is 11.1. The molecule has 0 fully saturated rings. The SMILES string of the molecule is C=C/C(=C\C)C(=O)C(=O)c1ccccc1. The Hall–Kier alpha value is -1.96. The van der Waals surface area contributed by atoms with Crippen LogP contribution in [0.15, 0.2) is 54.6 Å². The maximum absolute atomic E-state index is 11.7. The summed E-state index contributed by atoms with van der Waals surface area (Å²) >= 11 is 0. The van der Waals surface area contributed by atoms with Gasteiger partial charge in [-0.25, -0.2) is 0 Å². The molecule has 0 aliphatic rings. The van der Waals surface area contributed by atoms with Crippen LogP contribution in [0.1, 0.15) is 17.3 Å². The van der Waals surface area contributed by atoms with Crippen molar-refractivity contribution in [2.24, 2.45) is 0 Å².